The molecule has 0 saturated heterocycles. The summed E-state index contributed by atoms with van der Waals surface area (Å²) in [5.74, 6) is -5.51. The third kappa shape index (κ3) is 14.9. The molecule has 0 aliphatic rings. The zero-order valence-electron chi connectivity index (χ0n) is 9.94. The van der Waals surface area contributed by atoms with E-state index in [0.29, 0.717) is 0 Å². The molecule has 0 radical (unpaired) electrons. The summed E-state index contributed by atoms with van der Waals surface area (Å²) in [6.45, 7) is 0. The van der Waals surface area contributed by atoms with Crippen molar-refractivity contribution in [2.45, 2.75) is 12.4 Å². The molecule has 2 N–H and O–H groups in total. The first-order chi connectivity index (χ1) is 9.28. The predicted molar refractivity (Wildman–Crippen MR) is 59.2 cm³/mol. The molecule has 0 saturated carbocycles. The van der Waals surface area contributed by atoms with Gasteiger partial charge in [0.05, 0.1) is 0 Å². The number of halogens is 6. The van der Waals surface area contributed by atoms with E-state index in [2.05, 4.69) is 24.3 Å². The van der Waals surface area contributed by atoms with Crippen LogP contribution in [-0.2, 0) is 9.59 Å². The molecule has 0 fully saturated rings. The van der Waals surface area contributed by atoms with E-state index in [4.69, 9.17) is 19.8 Å². The molecule has 11 heteroatoms. The van der Waals surface area contributed by atoms with Gasteiger partial charge < -0.3 is 10.2 Å². The minimum atomic E-state index is -5.08. The second-order valence-corrected chi connectivity index (χ2v) is 5.61. The Balaban J connectivity index is 0. The number of carboxylic acids is 2. The Morgan fingerprint density at radius 2 is 1.05 bits per heavy atom. The van der Waals surface area contributed by atoms with Crippen LogP contribution in [0.15, 0.2) is 30.3 Å². The molecular weight excluding hydrogens is 502 g/mol. The Labute approximate surface area is 130 Å². The van der Waals surface area contributed by atoms with Crippen LogP contribution >= 0.6 is 0 Å². The summed E-state index contributed by atoms with van der Waals surface area (Å²) in [6, 6.07) is 10.5. The first-order valence-corrected chi connectivity index (χ1v) is 6.93. The van der Waals surface area contributed by atoms with Crippen LogP contribution < -0.4 is 3.12 Å². The molecule has 1 rings (SSSR count). The number of alkyl halides is 6. The van der Waals surface area contributed by atoms with Gasteiger partial charge in [0.2, 0.25) is 0 Å². The normalized spacial score (nSPS) is 10.3. The van der Waals surface area contributed by atoms with Crippen LogP contribution in [0.1, 0.15) is 0 Å². The molecule has 0 spiro atoms. The molecule has 0 unspecified atom stereocenters. The van der Waals surface area contributed by atoms with Crippen LogP contribution in [-0.4, -0.2) is 60.3 Å². The van der Waals surface area contributed by atoms with E-state index >= 15 is 0 Å². The molecule has 1 aromatic carbocycles. The van der Waals surface area contributed by atoms with Crippen molar-refractivity contribution in [3.8, 4) is 0 Å². The SMILES string of the molecule is O=C(O)C(F)(F)F.O=C(O)C(F)(F)F.[Tl][c]1ccccc1. The summed E-state index contributed by atoms with van der Waals surface area (Å²) >= 11 is 0.992. The summed E-state index contributed by atoms with van der Waals surface area (Å²) in [6.07, 6.45) is -10.2. The van der Waals surface area contributed by atoms with Gasteiger partial charge >= 0.3 is 83.5 Å². The molecule has 0 amide bonds. The summed E-state index contributed by atoms with van der Waals surface area (Å²) in [5.41, 5.74) is 0. The van der Waals surface area contributed by atoms with Gasteiger partial charge in [-0.2, -0.15) is 26.3 Å². The van der Waals surface area contributed by atoms with Crippen molar-refractivity contribution in [2.75, 3.05) is 0 Å². The van der Waals surface area contributed by atoms with Gasteiger partial charge in [0, 0.05) is 0 Å². The van der Waals surface area contributed by atoms with E-state index in [1.54, 1.807) is 0 Å². The fourth-order valence-corrected chi connectivity index (χ4v) is 1.32. The van der Waals surface area contributed by atoms with E-state index in [9.17, 15) is 26.3 Å². The number of carbonyl (C=O) groups is 2. The molecular formula is C10H7F6O4Tl. The van der Waals surface area contributed by atoms with E-state index in [1.165, 1.54) is 3.12 Å². The number of carboxylic acid groups (broad SMARTS) is 2. The molecule has 0 aliphatic carbocycles. The van der Waals surface area contributed by atoms with Crippen molar-refractivity contribution >= 4 is 40.8 Å². The van der Waals surface area contributed by atoms with Crippen LogP contribution in [0.3, 0.4) is 0 Å². The van der Waals surface area contributed by atoms with Crippen molar-refractivity contribution in [2.24, 2.45) is 0 Å². The van der Waals surface area contributed by atoms with Gasteiger partial charge in [-0.05, 0) is 0 Å². The number of rotatable bonds is 0. The Morgan fingerprint density at radius 3 is 1.14 bits per heavy atom. The number of hydrogen-bond acceptors (Lipinski definition) is 2. The summed E-state index contributed by atoms with van der Waals surface area (Å²) < 4.78 is 65.0. The van der Waals surface area contributed by atoms with Gasteiger partial charge in [0.25, 0.3) is 0 Å². The third-order valence-electron chi connectivity index (χ3n) is 1.28. The Hall–Kier alpha value is -1.34. The molecule has 0 bridgehead atoms. The van der Waals surface area contributed by atoms with Crippen molar-refractivity contribution in [3.63, 3.8) is 0 Å². The zero-order valence-corrected chi connectivity index (χ0v) is 14.4. The Morgan fingerprint density at radius 1 is 0.810 bits per heavy atom. The second kappa shape index (κ2) is 9.57. The molecule has 21 heavy (non-hydrogen) atoms. The van der Waals surface area contributed by atoms with Gasteiger partial charge in [-0.3, -0.25) is 0 Å². The Bertz CT molecular complexity index is 419. The van der Waals surface area contributed by atoms with Gasteiger partial charge in [-0.1, -0.05) is 0 Å². The van der Waals surface area contributed by atoms with Crippen LogP contribution in [0.5, 0.6) is 0 Å². The van der Waals surface area contributed by atoms with E-state index < -0.39 is 24.3 Å². The van der Waals surface area contributed by atoms with E-state index in [-0.39, 0.29) is 0 Å². The van der Waals surface area contributed by atoms with Crippen LogP contribution in [0.25, 0.3) is 0 Å². The molecule has 0 aliphatic heterocycles. The minimum absolute atomic E-state index is 0.992. The standard InChI is InChI=1S/C6H5.2C2HF3O2.Tl/c1-2-4-6-5-3-1;2*3-2(4,5)1(6)7;/h1-5H;2*(H,6,7);. The van der Waals surface area contributed by atoms with Crippen molar-refractivity contribution in [3.05, 3.63) is 30.3 Å². The average Bonchev–Trinajstić information content (AvgIpc) is 2.28. The summed E-state index contributed by atoms with van der Waals surface area (Å²) in [4.78, 5) is 17.8. The number of benzene rings is 1. The Kier molecular flexibility index (Phi) is 10.0. The maximum absolute atomic E-state index is 10.6. The topological polar surface area (TPSA) is 74.6 Å². The van der Waals surface area contributed by atoms with Crippen molar-refractivity contribution in [1.82, 2.24) is 0 Å². The predicted octanol–water partition coefficient (Wildman–Crippen LogP) is 1.75. The molecule has 4 nitrogen and oxygen atoms in total. The quantitative estimate of drug-likeness (QED) is 0.413. The first-order valence-electron chi connectivity index (χ1n) is 4.69. The van der Waals surface area contributed by atoms with Crippen LogP contribution in [0.2, 0.25) is 0 Å². The maximum atomic E-state index is 10.6. The first kappa shape index (κ1) is 22.0. The zero-order chi connectivity index (χ0) is 17.3. The van der Waals surface area contributed by atoms with Crippen LogP contribution in [0, 0.1) is 0 Å². The van der Waals surface area contributed by atoms with Gasteiger partial charge in [-0.25, -0.2) is 9.59 Å². The molecule has 1 aromatic rings. The monoisotopic (exact) mass is 510 g/mol. The van der Waals surface area contributed by atoms with E-state index in [1.807, 2.05) is 6.07 Å². The van der Waals surface area contributed by atoms with Crippen LogP contribution in [0.4, 0.5) is 26.3 Å². The summed E-state index contributed by atoms with van der Waals surface area (Å²) in [7, 11) is 0. The van der Waals surface area contributed by atoms with Gasteiger partial charge in [0.1, 0.15) is 0 Å². The molecule has 116 valence electrons. The number of aliphatic carboxylic acids is 2. The average molecular weight is 510 g/mol. The fraction of sp³-hybridized carbons (Fsp3) is 0.200. The second-order valence-electron chi connectivity index (χ2n) is 3.02. The fourth-order valence-electron chi connectivity index (χ4n) is 0.453. The van der Waals surface area contributed by atoms with Crippen molar-refractivity contribution < 1.29 is 46.1 Å². The molecule has 0 heterocycles. The van der Waals surface area contributed by atoms with Gasteiger partial charge in [0.15, 0.2) is 0 Å². The summed E-state index contributed by atoms with van der Waals surface area (Å²) in [5, 5.41) is 14.2. The third-order valence-corrected chi connectivity index (χ3v) is 2.78. The molecule has 0 atom stereocenters. The van der Waals surface area contributed by atoms with Gasteiger partial charge in [-0.15, -0.1) is 0 Å². The van der Waals surface area contributed by atoms with Crippen molar-refractivity contribution in [1.29, 1.82) is 0 Å². The van der Waals surface area contributed by atoms with E-state index in [0.717, 1.165) is 25.8 Å². The number of hydrogen-bond donors (Lipinski definition) is 2. The molecule has 0 aromatic heterocycles.